The van der Waals surface area contributed by atoms with Crippen molar-refractivity contribution in [3.8, 4) is 56.8 Å². The van der Waals surface area contributed by atoms with E-state index in [0.29, 0.717) is 0 Å². The van der Waals surface area contributed by atoms with Crippen molar-refractivity contribution in [2.24, 2.45) is 45.4 Å². The number of para-hydroxylation sites is 3. The fraction of sp³-hybridized carbons (Fsp3) is 0.0988. The van der Waals surface area contributed by atoms with Crippen LogP contribution in [-0.2, 0) is 116 Å². The Morgan fingerprint density at radius 3 is 0.933 bits per heavy atom. The number of imidazole rings is 4. The van der Waals surface area contributed by atoms with Crippen molar-refractivity contribution in [1.29, 1.82) is 0 Å². The van der Waals surface area contributed by atoms with Crippen molar-refractivity contribution in [3.05, 3.63) is 343 Å². The first-order chi connectivity index (χ1) is 48.9. The van der Waals surface area contributed by atoms with Crippen LogP contribution in [-0.4, -0.2) is 96.8 Å². The first-order valence-electron chi connectivity index (χ1n) is 31.7. The molecule has 0 spiro atoms. The Morgan fingerprint density at radius 1 is 0.317 bits per heavy atom. The van der Waals surface area contributed by atoms with Gasteiger partial charge in [-0.15, -0.1) is 210 Å². The third-order valence-corrected chi connectivity index (χ3v) is 14.6. The van der Waals surface area contributed by atoms with Gasteiger partial charge in [0.05, 0.1) is 41.7 Å². The van der Waals surface area contributed by atoms with Crippen LogP contribution in [0.3, 0.4) is 0 Å². The summed E-state index contributed by atoms with van der Waals surface area (Å²) in [6.45, 7) is 5.81. The van der Waals surface area contributed by atoms with Crippen molar-refractivity contribution >= 4 is 41.2 Å². The fourth-order valence-electron chi connectivity index (χ4n) is 9.70. The molecular formula is C81H74Ir4N19-2. The zero-order valence-electron chi connectivity index (χ0n) is 58.2. The first-order valence-corrected chi connectivity index (χ1v) is 31.7. The number of nitrogens with zero attached hydrogens (tertiary/aromatic N) is 19. The van der Waals surface area contributed by atoms with Gasteiger partial charge in [0.1, 0.15) is 5.82 Å². The van der Waals surface area contributed by atoms with E-state index in [1.165, 1.54) is 0 Å². The normalized spacial score (nSPS) is 11.6. The van der Waals surface area contributed by atoms with Crippen LogP contribution in [0.4, 0.5) is 28.6 Å². The SMILES string of the molecule is CN1[CH-]N(c2[c-]cccc2)C=N1.CN1[CH-]N(c2[c-]cccc2)C=N1.CN1[CH-]N(c2[c-]cccc2)c2cccnc21.Cn1ccc(-c2[c-]cccc2)n1.Cn1ccnc1-c1[c-]cccc1.Cn1ccnc1-c1[c-]cccc1.Cn1ccnc1-c1[c-]cccc1.Cn1ccnc1-c1[c-]cccc1.[Ir+3].[Ir+3].[Ir+3].[Ir]. The van der Waals surface area contributed by atoms with Crippen LogP contribution >= 0.6 is 0 Å². The van der Waals surface area contributed by atoms with Crippen molar-refractivity contribution in [2.45, 2.75) is 0 Å². The van der Waals surface area contributed by atoms with Crippen LogP contribution in [0.15, 0.2) is 284 Å². The number of hydrogen-bond acceptors (Lipinski definition) is 14. The minimum atomic E-state index is 0. The smallest absolute Gasteiger partial charge is 0.492 e. The van der Waals surface area contributed by atoms with Crippen LogP contribution in [0.1, 0.15) is 0 Å². The Hall–Kier alpha value is -10.3. The summed E-state index contributed by atoms with van der Waals surface area (Å²) in [5, 5.41) is 15.9. The van der Waals surface area contributed by atoms with Gasteiger partial charge < -0.3 is 47.9 Å². The van der Waals surface area contributed by atoms with Gasteiger partial charge >= 0.3 is 60.3 Å². The zero-order chi connectivity index (χ0) is 69.7. The number of benzene rings is 8. The van der Waals surface area contributed by atoms with Gasteiger partial charge in [-0.1, -0.05) is 6.07 Å². The van der Waals surface area contributed by atoms with Crippen molar-refractivity contribution in [1.82, 2.24) is 63.0 Å². The monoisotopic (exact) mass is 2080 g/mol. The molecule has 0 N–H and O–H groups in total. The maximum absolute atomic E-state index is 4.36. The topological polar surface area (TPSA) is 146 Å². The molecule has 3 aliphatic rings. The molecule has 23 heteroatoms. The summed E-state index contributed by atoms with van der Waals surface area (Å²) >= 11 is 0. The van der Waals surface area contributed by atoms with Crippen LogP contribution in [0, 0.1) is 68.5 Å². The zero-order valence-corrected chi connectivity index (χ0v) is 67.8. The van der Waals surface area contributed by atoms with E-state index in [0.717, 1.165) is 85.4 Å². The van der Waals surface area contributed by atoms with Gasteiger partial charge in [0.15, 0.2) is 0 Å². The summed E-state index contributed by atoms with van der Waals surface area (Å²) < 4.78 is 9.70. The summed E-state index contributed by atoms with van der Waals surface area (Å²) in [5.41, 5.74) is 10.3. The standard InChI is InChI=1S/C13H11N3.5C10H9N2.2C9H9N3.4Ir/c1-15-10-16(11-6-3-2-4-7-11)12-8-5-9-14-13(12)15;4*1-12-8-7-11-10(12)9-5-3-2-4-6-9;1-12-8-7-10(11-12)9-5-3-2-4-6-9;2*1-11-8-12(7-10-11)9-5-3-2-4-6-9;;;;/h2-6,8-10H,1H3;7*2-5,7-8H,1H3;;;;/q-2;5*-1;2*-2;;3*+3. The number of anilines is 5. The molecule has 0 saturated carbocycles. The second-order valence-electron chi connectivity index (χ2n) is 22.0. The van der Waals surface area contributed by atoms with Crippen LogP contribution < -0.4 is 19.6 Å². The van der Waals surface area contributed by atoms with Gasteiger partial charge in [-0.05, 0) is 33.3 Å². The Labute approximate surface area is 665 Å². The number of aromatic nitrogens is 11. The van der Waals surface area contributed by atoms with Gasteiger partial charge in [0.2, 0.25) is 0 Å². The van der Waals surface area contributed by atoms with Crippen LogP contribution in [0.5, 0.6) is 0 Å². The number of aryl methyl sites for hydroxylation is 5. The summed E-state index contributed by atoms with van der Waals surface area (Å²) in [7, 11) is 15.6. The van der Waals surface area contributed by atoms with E-state index in [9.17, 15) is 0 Å². The predicted octanol–water partition coefficient (Wildman–Crippen LogP) is 14.6. The molecule has 9 heterocycles. The Kier molecular flexibility index (Phi) is 34.7. The molecule has 1 radical (unpaired) electrons. The molecule has 0 fully saturated rings. The van der Waals surface area contributed by atoms with E-state index in [4.69, 9.17) is 0 Å². The van der Waals surface area contributed by atoms with Gasteiger partial charge in [0, 0.05) is 123 Å². The minimum absolute atomic E-state index is 0. The van der Waals surface area contributed by atoms with Crippen molar-refractivity contribution in [3.63, 3.8) is 0 Å². The molecule has 0 bridgehead atoms. The van der Waals surface area contributed by atoms with Crippen molar-refractivity contribution in [2.75, 3.05) is 40.7 Å². The average molecular weight is 2080 g/mol. The molecule has 6 aromatic heterocycles. The minimum Gasteiger partial charge on any atom is -0.492 e. The number of pyridine rings is 1. The molecule has 0 saturated heterocycles. The molecule has 0 unspecified atom stereocenters. The molecule has 0 atom stereocenters. The van der Waals surface area contributed by atoms with E-state index in [1.807, 2.05) is 347 Å². The third-order valence-electron chi connectivity index (χ3n) is 14.6. The molecule has 14 aromatic rings. The van der Waals surface area contributed by atoms with E-state index in [-0.39, 0.29) is 80.4 Å². The second-order valence-corrected chi connectivity index (χ2v) is 22.0. The molecule has 8 aromatic carbocycles. The van der Waals surface area contributed by atoms with E-state index >= 15 is 0 Å². The molecule has 104 heavy (non-hydrogen) atoms. The second kappa shape index (κ2) is 43.6. The number of hydrazone groups is 2. The molecule has 0 amide bonds. The maximum atomic E-state index is 4.36. The molecule has 3 aliphatic heterocycles. The molecule has 531 valence electrons. The van der Waals surface area contributed by atoms with Gasteiger partial charge in [-0.25, -0.2) is 20.3 Å². The summed E-state index contributed by atoms with van der Waals surface area (Å²) in [5.74, 6) is 4.79. The maximum Gasteiger partial charge on any atom is 3.00 e. The largest absolute Gasteiger partial charge is 3.00 e. The quantitative estimate of drug-likeness (QED) is 0.133. The van der Waals surface area contributed by atoms with Gasteiger partial charge in [-0.3, -0.25) is 24.6 Å². The number of fused-ring (bicyclic) bond motifs is 1. The number of rotatable bonds is 8. The third kappa shape index (κ3) is 24.4. The Morgan fingerprint density at radius 2 is 0.654 bits per heavy atom. The Balaban J connectivity index is 0.000000186. The molecule has 19 nitrogen and oxygen atoms in total. The molecule has 0 aliphatic carbocycles. The molecular weight excluding hydrogens is 2010 g/mol. The van der Waals surface area contributed by atoms with Crippen LogP contribution in [0.25, 0.3) is 56.8 Å². The van der Waals surface area contributed by atoms with E-state index < -0.39 is 0 Å². The number of hydrogen-bond donors (Lipinski definition) is 0. The Bertz CT molecular complexity index is 4310. The first kappa shape index (κ1) is 82.7. The molecule has 17 rings (SSSR count). The summed E-state index contributed by atoms with van der Waals surface area (Å²) in [4.78, 5) is 29.2. The van der Waals surface area contributed by atoms with Crippen LogP contribution in [0.2, 0.25) is 0 Å². The van der Waals surface area contributed by atoms with Gasteiger partial charge in [0.25, 0.3) is 0 Å². The summed E-state index contributed by atoms with van der Waals surface area (Å²) in [6, 6.07) is 93.7. The average Bonchev–Trinajstić information content (AvgIpc) is 1.64. The summed E-state index contributed by atoms with van der Waals surface area (Å²) in [6.07, 6.45) is 22.1. The van der Waals surface area contributed by atoms with E-state index in [1.54, 1.807) is 58.4 Å². The predicted molar refractivity (Wildman–Crippen MR) is 398 cm³/mol. The van der Waals surface area contributed by atoms with E-state index in [2.05, 4.69) is 99.7 Å². The fourth-order valence-corrected chi connectivity index (χ4v) is 9.70. The van der Waals surface area contributed by atoms with Gasteiger partial charge in [-0.2, -0.15) is 97.7 Å². The van der Waals surface area contributed by atoms with Crippen molar-refractivity contribution < 1.29 is 80.4 Å².